The molecule has 0 unspecified atom stereocenters. The second kappa shape index (κ2) is 6.49. The molecule has 3 aromatic rings. The molecular formula is C21H12INO3. The number of amides is 1. The highest BCUT2D eigenvalue weighted by Crippen LogP contribution is 2.32. The summed E-state index contributed by atoms with van der Waals surface area (Å²) in [7, 11) is 0. The van der Waals surface area contributed by atoms with Gasteiger partial charge in [0.25, 0.3) is 5.91 Å². The monoisotopic (exact) mass is 453 g/mol. The SMILES string of the molecule is O=C(Nc1cccc2c1C(=O)c1ccccc1C2=O)c1ccccc1I. The van der Waals surface area contributed by atoms with Gasteiger partial charge >= 0.3 is 0 Å². The molecule has 1 aliphatic carbocycles. The number of anilines is 1. The first-order valence-corrected chi connectivity index (χ1v) is 9.03. The third kappa shape index (κ3) is 2.64. The Kier molecular flexibility index (Phi) is 4.16. The van der Waals surface area contributed by atoms with Crippen molar-refractivity contribution in [2.45, 2.75) is 0 Å². The second-order valence-corrected chi connectivity index (χ2v) is 7.03. The lowest BCUT2D eigenvalue weighted by atomic mass is 9.83. The van der Waals surface area contributed by atoms with E-state index in [9.17, 15) is 14.4 Å². The van der Waals surface area contributed by atoms with Gasteiger partial charge in [-0.2, -0.15) is 0 Å². The van der Waals surface area contributed by atoms with Crippen molar-refractivity contribution in [1.29, 1.82) is 0 Å². The third-order valence-corrected chi connectivity index (χ3v) is 5.26. The van der Waals surface area contributed by atoms with Crippen LogP contribution in [0.3, 0.4) is 0 Å². The Morgan fingerprint density at radius 3 is 2.08 bits per heavy atom. The van der Waals surface area contributed by atoms with E-state index >= 15 is 0 Å². The fourth-order valence-electron chi connectivity index (χ4n) is 3.08. The fraction of sp³-hybridized carbons (Fsp3) is 0. The molecule has 0 saturated heterocycles. The van der Waals surface area contributed by atoms with Crippen LogP contribution in [0.5, 0.6) is 0 Å². The fourth-order valence-corrected chi connectivity index (χ4v) is 3.72. The third-order valence-electron chi connectivity index (χ3n) is 4.32. The van der Waals surface area contributed by atoms with Crippen LogP contribution < -0.4 is 5.32 Å². The van der Waals surface area contributed by atoms with Gasteiger partial charge in [-0.1, -0.05) is 48.5 Å². The van der Waals surface area contributed by atoms with Crippen LogP contribution >= 0.6 is 22.6 Å². The van der Waals surface area contributed by atoms with Crippen molar-refractivity contribution in [2.75, 3.05) is 5.32 Å². The van der Waals surface area contributed by atoms with Crippen LogP contribution in [0.25, 0.3) is 0 Å². The van der Waals surface area contributed by atoms with Crippen molar-refractivity contribution >= 4 is 45.8 Å². The summed E-state index contributed by atoms with van der Waals surface area (Å²) >= 11 is 2.09. The molecule has 1 amide bonds. The number of fused-ring (bicyclic) bond motifs is 2. The number of benzene rings is 3. The van der Waals surface area contributed by atoms with Gasteiger partial charge in [-0.25, -0.2) is 0 Å². The minimum absolute atomic E-state index is 0.208. The maximum atomic E-state index is 13.0. The molecule has 5 heteroatoms. The maximum absolute atomic E-state index is 13.0. The Morgan fingerprint density at radius 2 is 1.35 bits per heavy atom. The number of hydrogen-bond donors (Lipinski definition) is 1. The summed E-state index contributed by atoms with van der Waals surface area (Å²) in [6.07, 6.45) is 0. The normalized spacial score (nSPS) is 12.3. The predicted octanol–water partition coefficient (Wildman–Crippen LogP) is 4.32. The van der Waals surface area contributed by atoms with Crippen LogP contribution in [-0.2, 0) is 0 Å². The molecule has 1 N–H and O–H groups in total. The summed E-state index contributed by atoms with van der Waals surface area (Å²) in [5.74, 6) is -0.781. The molecule has 0 aliphatic heterocycles. The maximum Gasteiger partial charge on any atom is 0.256 e. The summed E-state index contributed by atoms with van der Waals surface area (Å²) < 4.78 is 0.806. The van der Waals surface area contributed by atoms with E-state index in [2.05, 4.69) is 27.9 Å². The Bertz CT molecular complexity index is 1090. The number of halogens is 1. The zero-order valence-electron chi connectivity index (χ0n) is 13.5. The van der Waals surface area contributed by atoms with Crippen molar-refractivity contribution in [3.8, 4) is 0 Å². The number of rotatable bonds is 2. The Balaban J connectivity index is 1.79. The van der Waals surface area contributed by atoms with Gasteiger partial charge in [-0.3, -0.25) is 14.4 Å². The average molecular weight is 453 g/mol. The highest BCUT2D eigenvalue weighted by molar-refractivity contribution is 14.1. The molecule has 0 bridgehead atoms. The first-order chi connectivity index (χ1) is 12.6. The molecule has 0 radical (unpaired) electrons. The summed E-state index contributed by atoms with van der Waals surface area (Å²) in [6, 6.07) is 18.9. The molecule has 0 heterocycles. The second-order valence-electron chi connectivity index (χ2n) is 5.87. The minimum atomic E-state index is -0.317. The van der Waals surface area contributed by atoms with Crippen molar-refractivity contribution in [3.63, 3.8) is 0 Å². The molecule has 126 valence electrons. The van der Waals surface area contributed by atoms with Crippen LogP contribution in [0.4, 0.5) is 5.69 Å². The zero-order valence-corrected chi connectivity index (χ0v) is 15.6. The lowest BCUT2D eigenvalue weighted by Crippen LogP contribution is -2.24. The van der Waals surface area contributed by atoms with Gasteiger partial charge in [-0.05, 0) is 40.8 Å². The zero-order chi connectivity index (χ0) is 18.3. The number of ketones is 2. The van der Waals surface area contributed by atoms with E-state index in [4.69, 9.17) is 0 Å². The molecule has 0 aromatic heterocycles. The van der Waals surface area contributed by atoms with Gasteiger partial charge in [0.05, 0.1) is 16.8 Å². The molecule has 3 aromatic carbocycles. The Hall–Kier alpha value is -2.80. The first-order valence-electron chi connectivity index (χ1n) is 7.95. The largest absolute Gasteiger partial charge is 0.321 e. The Labute approximate surface area is 163 Å². The molecule has 26 heavy (non-hydrogen) atoms. The molecule has 1 aliphatic rings. The lowest BCUT2D eigenvalue weighted by molar-refractivity contribution is 0.0978. The summed E-state index contributed by atoms with van der Waals surface area (Å²) in [5.41, 5.74) is 2.18. The molecular weight excluding hydrogens is 441 g/mol. The molecule has 0 spiro atoms. The van der Waals surface area contributed by atoms with E-state index in [0.717, 1.165) is 3.57 Å². The molecule has 4 nitrogen and oxygen atoms in total. The molecule has 0 fully saturated rings. The summed E-state index contributed by atoms with van der Waals surface area (Å²) in [6.45, 7) is 0. The van der Waals surface area contributed by atoms with Crippen LogP contribution in [0, 0.1) is 3.57 Å². The van der Waals surface area contributed by atoms with Crippen LogP contribution in [-0.4, -0.2) is 17.5 Å². The van der Waals surface area contributed by atoms with Gasteiger partial charge in [0.1, 0.15) is 0 Å². The highest BCUT2D eigenvalue weighted by atomic mass is 127. The average Bonchev–Trinajstić information content (AvgIpc) is 2.66. The molecule has 4 rings (SSSR count). The predicted molar refractivity (Wildman–Crippen MR) is 107 cm³/mol. The van der Waals surface area contributed by atoms with Gasteiger partial charge in [0.15, 0.2) is 11.6 Å². The number of hydrogen-bond acceptors (Lipinski definition) is 3. The van der Waals surface area contributed by atoms with Crippen molar-refractivity contribution in [1.82, 2.24) is 0 Å². The lowest BCUT2D eigenvalue weighted by Gasteiger charge is -2.20. The van der Waals surface area contributed by atoms with E-state index in [0.29, 0.717) is 27.9 Å². The van der Waals surface area contributed by atoms with Crippen LogP contribution in [0.2, 0.25) is 0 Å². The standard InChI is InChI=1S/C21H12INO3/c22-16-10-4-3-8-14(16)21(26)23-17-11-5-9-15-18(17)20(25)13-7-2-1-6-12(13)19(15)24/h1-11H,(H,23,26). The quantitative estimate of drug-likeness (QED) is 0.460. The van der Waals surface area contributed by atoms with Crippen LogP contribution in [0.15, 0.2) is 66.7 Å². The van der Waals surface area contributed by atoms with Gasteiger partial charge in [0, 0.05) is 20.3 Å². The summed E-state index contributed by atoms with van der Waals surface area (Å²) in [4.78, 5) is 38.3. The summed E-state index contributed by atoms with van der Waals surface area (Å²) in [5, 5.41) is 2.79. The van der Waals surface area contributed by atoms with Crippen molar-refractivity contribution < 1.29 is 14.4 Å². The molecule has 0 saturated carbocycles. The topological polar surface area (TPSA) is 63.2 Å². The number of carbonyl (C=O) groups excluding carboxylic acids is 3. The Morgan fingerprint density at radius 1 is 0.731 bits per heavy atom. The van der Waals surface area contributed by atoms with Crippen LogP contribution in [0.1, 0.15) is 42.2 Å². The van der Waals surface area contributed by atoms with Crippen molar-refractivity contribution in [3.05, 3.63) is 98.1 Å². The smallest absolute Gasteiger partial charge is 0.256 e. The number of carbonyl (C=O) groups is 3. The van der Waals surface area contributed by atoms with Gasteiger partial charge in [-0.15, -0.1) is 0 Å². The van der Waals surface area contributed by atoms with E-state index in [1.54, 1.807) is 54.6 Å². The van der Waals surface area contributed by atoms with Crippen molar-refractivity contribution in [2.24, 2.45) is 0 Å². The van der Waals surface area contributed by atoms with E-state index in [1.807, 2.05) is 12.1 Å². The molecule has 0 atom stereocenters. The van der Waals surface area contributed by atoms with Gasteiger partial charge < -0.3 is 5.32 Å². The van der Waals surface area contributed by atoms with E-state index in [1.165, 1.54) is 0 Å². The van der Waals surface area contributed by atoms with E-state index < -0.39 is 0 Å². The van der Waals surface area contributed by atoms with Gasteiger partial charge in [0.2, 0.25) is 0 Å². The highest BCUT2D eigenvalue weighted by Gasteiger charge is 2.31. The minimum Gasteiger partial charge on any atom is -0.321 e. The van der Waals surface area contributed by atoms with E-state index in [-0.39, 0.29) is 23.0 Å². The first kappa shape index (κ1) is 16.7. The number of nitrogens with one attached hydrogen (secondary N) is 1.